The smallest absolute Gasteiger partial charge is 0.0698 e. The lowest BCUT2D eigenvalue weighted by Gasteiger charge is -2.01. The van der Waals surface area contributed by atoms with Crippen LogP contribution in [0.2, 0.25) is 0 Å². The molecule has 0 fully saturated rings. The van der Waals surface area contributed by atoms with E-state index in [0.29, 0.717) is 0 Å². The lowest BCUT2D eigenvalue weighted by atomic mass is 10.1. The Balaban J connectivity index is 3.22. The summed E-state index contributed by atoms with van der Waals surface area (Å²) in [5.41, 5.74) is 3.00. The first-order valence-electron chi connectivity index (χ1n) is 3.49. The summed E-state index contributed by atoms with van der Waals surface area (Å²) in [5, 5.41) is 0. The molecule has 0 N–H and O–H groups in total. The minimum absolute atomic E-state index is 0.903. The van der Waals surface area contributed by atoms with E-state index in [1.165, 1.54) is 0 Å². The molecular weight excluding hydrogens is 134 g/mol. The first kappa shape index (κ1) is 7.73. The zero-order chi connectivity index (χ0) is 8.27. The third-order valence-electron chi connectivity index (χ3n) is 1.49. The molecule has 0 aliphatic heterocycles. The van der Waals surface area contributed by atoms with Gasteiger partial charge in [0.05, 0.1) is 5.69 Å². The van der Waals surface area contributed by atoms with E-state index in [-0.39, 0.29) is 0 Å². The molecule has 1 heteroatoms. The molecule has 0 unspecified atom stereocenters. The Bertz CT molecular complexity index is 287. The Hall–Kier alpha value is -1.37. The summed E-state index contributed by atoms with van der Waals surface area (Å²) in [7, 11) is 0. The van der Waals surface area contributed by atoms with Gasteiger partial charge in [0.1, 0.15) is 0 Å². The Labute approximate surface area is 67.1 Å². The van der Waals surface area contributed by atoms with E-state index >= 15 is 0 Å². The zero-order valence-corrected chi connectivity index (χ0v) is 6.67. The molecule has 0 amide bonds. The van der Waals surface area contributed by atoms with E-state index in [4.69, 9.17) is 0 Å². The highest BCUT2D eigenvalue weighted by atomic mass is 14.7. The van der Waals surface area contributed by atoms with Crippen molar-refractivity contribution in [3.05, 3.63) is 42.7 Å². The molecule has 0 saturated heterocycles. The zero-order valence-electron chi connectivity index (χ0n) is 6.67. The molecule has 11 heavy (non-hydrogen) atoms. The summed E-state index contributed by atoms with van der Waals surface area (Å²) in [5.74, 6) is 0. The van der Waals surface area contributed by atoms with Gasteiger partial charge in [0.15, 0.2) is 0 Å². The third-order valence-corrected chi connectivity index (χ3v) is 1.49. The Morgan fingerprint density at radius 1 is 1.64 bits per heavy atom. The molecule has 1 heterocycles. The van der Waals surface area contributed by atoms with E-state index in [1.807, 2.05) is 19.1 Å². The van der Waals surface area contributed by atoms with Crippen molar-refractivity contribution in [3.63, 3.8) is 0 Å². The van der Waals surface area contributed by atoms with Crippen molar-refractivity contribution < 1.29 is 0 Å². The van der Waals surface area contributed by atoms with E-state index in [9.17, 15) is 0 Å². The maximum Gasteiger partial charge on any atom is 0.0698 e. The number of hydrogen-bond acceptors (Lipinski definition) is 1. The highest BCUT2D eigenvalue weighted by Crippen LogP contribution is 2.14. The maximum atomic E-state index is 4.14. The molecule has 0 aliphatic rings. The van der Waals surface area contributed by atoms with E-state index in [0.717, 1.165) is 16.8 Å². The Morgan fingerprint density at radius 3 is 2.82 bits per heavy atom. The van der Waals surface area contributed by atoms with Gasteiger partial charge in [0, 0.05) is 11.8 Å². The Morgan fingerprint density at radius 2 is 2.36 bits per heavy atom. The predicted octanol–water partition coefficient (Wildman–Crippen LogP) is 2.76. The molecule has 0 aliphatic carbocycles. The third kappa shape index (κ3) is 1.55. The molecule has 0 aromatic carbocycles. The maximum absolute atomic E-state index is 4.14. The van der Waals surface area contributed by atoms with Gasteiger partial charge < -0.3 is 0 Å². The molecular formula is C10H11N. The topological polar surface area (TPSA) is 12.9 Å². The number of aromatic nitrogens is 1. The van der Waals surface area contributed by atoms with Gasteiger partial charge in [-0.05, 0) is 24.6 Å². The molecule has 0 radical (unpaired) electrons. The molecule has 0 saturated carbocycles. The van der Waals surface area contributed by atoms with Crippen molar-refractivity contribution in [2.45, 2.75) is 6.92 Å². The van der Waals surface area contributed by atoms with Gasteiger partial charge in [0.2, 0.25) is 0 Å². The number of hydrogen-bond donors (Lipinski definition) is 0. The second-order valence-corrected chi connectivity index (χ2v) is 2.42. The number of nitrogens with zero attached hydrogens (tertiary/aromatic N) is 1. The van der Waals surface area contributed by atoms with Crippen molar-refractivity contribution in [3.8, 4) is 0 Å². The fraction of sp³-hybridized carbons (Fsp3) is 0.100. The van der Waals surface area contributed by atoms with Gasteiger partial charge >= 0.3 is 0 Å². The van der Waals surface area contributed by atoms with Gasteiger partial charge in [-0.25, -0.2) is 0 Å². The lowest BCUT2D eigenvalue weighted by Crippen LogP contribution is -1.86. The first-order chi connectivity index (χ1) is 5.25. The van der Waals surface area contributed by atoms with E-state index in [2.05, 4.69) is 18.1 Å². The van der Waals surface area contributed by atoms with Crippen LogP contribution in [0, 0.1) is 0 Å². The standard InChI is InChI=1S/C10H11N/c1-4-10-9(8(2)3)6-5-7-11-10/h4-7H,1-2H2,3H3. The summed E-state index contributed by atoms with van der Waals surface area (Å²) in [6, 6.07) is 3.89. The number of allylic oxidation sites excluding steroid dienone is 1. The lowest BCUT2D eigenvalue weighted by molar-refractivity contribution is 1.27. The van der Waals surface area contributed by atoms with Crippen LogP contribution in [-0.4, -0.2) is 4.98 Å². The van der Waals surface area contributed by atoms with Crippen LogP contribution in [0.5, 0.6) is 0 Å². The van der Waals surface area contributed by atoms with Crippen LogP contribution in [0.25, 0.3) is 11.6 Å². The van der Waals surface area contributed by atoms with Crippen LogP contribution in [0.1, 0.15) is 18.2 Å². The minimum atomic E-state index is 0.903. The molecule has 1 nitrogen and oxygen atoms in total. The largest absolute Gasteiger partial charge is 0.256 e. The van der Waals surface area contributed by atoms with E-state index < -0.39 is 0 Å². The summed E-state index contributed by atoms with van der Waals surface area (Å²) in [6.45, 7) is 9.48. The van der Waals surface area contributed by atoms with Crippen LogP contribution in [0.15, 0.2) is 31.5 Å². The van der Waals surface area contributed by atoms with Crippen LogP contribution in [-0.2, 0) is 0 Å². The van der Waals surface area contributed by atoms with Crippen molar-refractivity contribution in [2.75, 3.05) is 0 Å². The predicted molar refractivity (Wildman–Crippen MR) is 49.0 cm³/mol. The molecule has 0 bridgehead atoms. The fourth-order valence-corrected chi connectivity index (χ4v) is 0.941. The summed E-state index contributed by atoms with van der Waals surface area (Å²) < 4.78 is 0. The van der Waals surface area contributed by atoms with Crippen LogP contribution < -0.4 is 0 Å². The fourth-order valence-electron chi connectivity index (χ4n) is 0.941. The average molecular weight is 145 g/mol. The molecule has 0 atom stereocenters. The number of pyridine rings is 1. The van der Waals surface area contributed by atoms with Gasteiger partial charge in [-0.2, -0.15) is 0 Å². The SMILES string of the molecule is C=Cc1ncccc1C(=C)C. The molecule has 1 rings (SSSR count). The van der Waals surface area contributed by atoms with Crippen LogP contribution >= 0.6 is 0 Å². The Kier molecular flexibility index (Phi) is 2.21. The van der Waals surface area contributed by atoms with Gasteiger partial charge in [0.25, 0.3) is 0 Å². The van der Waals surface area contributed by atoms with Gasteiger partial charge in [-0.1, -0.05) is 19.2 Å². The first-order valence-corrected chi connectivity index (χ1v) is 3.49. The molecule has 0 spiro atoms. The van der Waals surface area contributed by atoms with E-state index in [1.54, 1.807) is 12.3 Å². The highest BCUT2D eigenvalue weighted by molar-refractivity contribution is 5.68. The summed E-state index contributed by atoms with van der Waals surface area (Å²) in [4.78, 5) is 4.14. The minimum Gasteiger partial charge on any atom is -0.256 e. The quantitative estimate of drug-likeness (QED) is 0.623. The average Bonchev–Trinajstić information content (AvgIpc) is 2.04. The van der Waals surface area contributed by atoms with Crippen LogP contribution in [0.3, 0.4) is 0 Å². The van der Waals surface area contributed by atoms with Crippen molar-refractivity contribution in [1.82, 2.24) is 4.98 Å². The van der Waals surface area contributed by atoms with Gasteiger partial charge in [-0.15, -0.1) is 0 Å². The summed E-state index contributed by atoms with van der Waals surface area (Å²) in [6.07, 6.45) is 3.49. The molecule has 56 valence electrons. The molecule has 1 aromatic rings. The van der Waals surface area contributed by atoms with Crippen molar-refractivity contribution in [1.29, 1.82) is 0 Å². The van der Waals surface area contributed by atoms with Crippen molar-refractivity contribution in [2.24, 2.45) is 0 Å². The molecule has 1 aromatic heterocycles. The highest BCUT2D eigenvalue weighted by Gasteiger charge is 1.97. The number of rotatable bonds is 2. The van der Waals surface area contributed by atoms with Crippen LogP contribution in [0.4, 0.5) is 0 Å². The normalized spacial score (nSPS) is 9.18. The second-order valence-electron chi connectivity index (χ2n) is 2.42. The van der Waals surface area contributed by atoms with Crippen molar-refractivity contribution >= 4 is 11.6 Å². The monoisotopic (exact) mass is 145 g/mol. The van der Waals surface area contributed by atoms with Gasteiger partial charge in [-0.3, -0.25) is 4.98 Å². The summed E-state index contributed by atoms with van der Waals surface area (Å²) >= 11 is 0. The second kappa shape index (κ2) is 3.15.